The molecule has 2 N–H and O–H groups in total. The number of anilines is 2. The predicted octanol–water partition coefficient (Wildman–Crippen LogP) is 8.52. The lowest BCUT2D eigenvalue weighted by molar-refractivity contribution is -0.384. The molecule has 1 fully saturated rings. The maximum absolute atomic E-state index is 13.4. The number of thioether (sulfide) groups is 1. The zero-order valence-electron chi connectivity index (χ0n) is 33.4. The molecule has 13 heteroatoms. The summed E-state index contributed by atoms with van der Waals surface area (Å²) in [6.45, 7) is 6.74. The number of carbonyl (C=O) groups excluding carboxylic acids is 1. The topological polar surface area (TPSA) is 134 Å². The number of rotatable bonds is 17. The van der Waals surface area contributed by atoms with Gasteiger partial charge < -0.3 is 19.9 Å². The molecule has 0 saturated carbocycles. The molecule has 5 aromatic rings. The Morgan fingerprint density at radius 2 is 1.53 bits per heavy atom. The van der Waals surface area contributed by atoms with Gasteiger partial charge in [0.15, 0.2) is 0 Å². The van der Waals surface area contributed by atoms with Gasteiger partial charge in [0.1, 0.15) is 5.69 Å². The SMILES string of the molecule is CN(C)CCOC1(Cc2ccccc2-c2ccccc2)CCN(c2ccc(C(=O)NS(=O)(=O)c3ccc(NC(C)(C)CSc4ccccc4)c([N+](=O)[O-])c3)cc2)CC1. The second-order valence-corrected chi connectivity index (χ2v) is 18.3. The van der Waals surface area contributed by atoms with E-state index in [1.165, 1.54) is 28.8 Å². The van der Waals surface area contributed by atoms with E-state index in [0.29, 0.717) is 12.4 Å². The number of nitrogens with one attached hydrogen (secondary N) is 2. The summed E-state index contributed by atoms with van der Waals surface area (Å²) < 4.78 is 35.6. The number of ether oxygens (including phenoxy) is 1. The number of hydrogen-bond donors (Lipinski definition) is 2. The van der Waals surface area contributed by atoms with Gasteiger partial charge in [0.2, 0.25) is 0 Å². The minimum Gasteiger partial charge on any atom is -0.374 e. The number of piperidine rings is 1. The smallest absolute Gasteiger partial charge is 0.293 e. The number of nitro groups is 1. The number of amides is 1. The fourth-order valence-electron chi connectivity index (χ4n) is 7.09. The van der Waals surface area contributed by atoms with Gasteiger partial charge in [-0.3, -0.25) is 14.9 Å². The molecule has 0 aliphatic carbocycles. The fraction of sp³-hybridized carbons (Fsp3) is 0.311. The molecule has 304 valence electrons. The van der Waals surface area contributed by atoms with Crippen LogP contribution in [0.1, 0.15) is 42.6 Å². The van der Waals surface area contributed by atoms with Crippen LogP contribution in [-0.4, -0.2) is 81.4 Å². The molecule has 1 aliphatic heterocycles. The Kier molecular flexibility index (Phi) is 13.6. The maximum atomic E-state index is 13.4. The van der Waals surface area contributed by atoms with Crippen LogP contribution in [0.3, 0.4) is 0 Å². The predicted molar refractivity (Wildman–Crippen MR) is 233 cm³/mol. The van der Waals surface area contributed by atoms with Gasteiger partial charge in [0.25, 0.3) is 21.6 Å². The van der Waals surface area contributed by atoms with Gasteiger partial charge in [-0.1, -0.05) is 72.8 Å². The number of nitrogens with zero attached hydrogens (tertiary/aromatic N) is 3. The van der Waals surface area contributed by atoms with Gasteiger partial charge >= 0.3 is 0 Å². The summed E-state index contributed by atoms with van der Waals surface area (Å²) in [7, 11) is -0.355. The molecular weight excluding hydrogens is 771 g/mol. The van der Waals surface area contributed by atoms with Gasteiger partial charge in [-0.05, 0) is 106 Å². The second kappa shape index (κ2) is 18.6. The molecule has 1 amide bonds. The standard InChI is InChI=1S/C45H51N5O6S2/c1-44(2,33-57-38-16-9-6-10-17-38)46-41-24-23-39(31-42(41)50(52)53)58(54,55)47-43(51)35-19-21-37(22-20-35)49-27-25-45(26-28-49,56-30-29-48(3)4)32-36-15-11-12-18-40(36)34-13-7-5-8-14-34/h5-24,31,46H,25-30,32-33H2,1-4H3,(H,47,51). The molecule has 0 aromatic heterocycles. The average Bonchev–Trinajstić information content (AvgIpc) is 3.21. The van der Waals surface area contributed by atoms with E-state index in [1.807, 2.05) is 76.5 Å². The van der Waals surface area contributed by atoms with Gasteiger partial charge in [0, 0.05) is 59.6 Å². The van der Waals surface area contributed by atoms with Crippen molar-refractivity contribution in [2.45, 2.75) is 54.0 Å². The minimum atomic E-state index is -4.44. The van der Waals surface area contributed by atoms with Crippen LogP contribution in [0.15, 0.2) is 137 Å². The minimum absolute atomic E-state index is 0.147. The lowest BCUT2D eigenvalue weighted by Gasteiger charge is -2.43. The lowest BCUT2D eigenvalue weighted by Crippen LogP contribution is -2.48. The van der Waals surface area contributed by atoms with E-state index in [0.717, 1.165) is 55.5 Å². The molecule has 0 unspecified atom stereocenters. The summed E-state index contributed by atoms with van der Waals surface area (Å²) in [5.41, 5.74) is 3.53. The third kappa shape index (κ3) is 11.0. The number of sulfonamides is 1. The second-order valence-electron chi connectivity index (χ2n) is 15.5. The quantitative estimate of drug-likeness (QED) is 0.0534. The summed E-state index contributed by atoms with van der Waals surface area (Å²) in [4.78, 5) is 29.8. The van der Waals surface area contributed by atoms with Crippen molar-refractivity contribution in [3.05, 3.63) is 149 Å². The highest BCUT2D eigenvalue weighted by molar-refractivity contribution is 7.99. The Morgan fingerprint density at radius 3 is 2.19 bits per heavy atom. The summed E-state index contributed by atoms with van der Waals surface area (Å²) in [5.74, 6) is -0.239. The summed E-state index contributed by atoms with van der Waals surface area (Å²) in [6, 6.07) is 39.1. The molecule has 1 heterocycles. The van der Waals surface area contributed by atoms with Crippen LogP contribution >= 0.6 is 11.8 Å². The normalized spacial score (nSPS) is 14.3. The van der Waals surface area contributed by atoms with E-state index in [1.54, 1.807) is 23.9 Å². The van der Waals surface area contributed by atoms with Gasteiger partial charge in [-0.15, -0.1) is 11.8 Å². The van der Waals surface area contributed by atoms with E-state index in [-0.39, 0.29) is 21.7 Å². The van der Waals surface area contributed by atoms with Crippen molar-refractivity contribution in [1.82, 2.24) is 9.62 Å². The van der Waals surface area contributed by atoms with Crippen molar-refractivity contribution in [1.29, 1.82) is 0 Å². The Hall–Kier alpha value is -5.21. The molecular formula is C45H51N5O6S2. The van der Waals surface area contributed by atoms with Crippen LogP contribution < -0.4 is 14.9 Å². The molecule has 6 rings (SSSR count). The molecule has 5 aromatic carbocycles. The molecule has 58 heavy (non-hydrogen) atoms. The highest BCUT2D eigenvalue weighted by atomic mass is 32.2. The maximum Gasteiger partial charge on any atom is 0.293 e. The average molecular weight is 822 g/mol. The molecule has 0 atom stereocenters. The Bertz CT molecular complexity index is 2280. The number of carbonyl (C=O) groups is 1. The monoisotopic (exact) mass is 821 g/mol. The zero-order valence-corrected chi connectivity index (χ0v) is 35.0. The molecule has 1 saturated heterocycles. The number of benzene rings is 5. The van der Waals surface area contributed by atoms with Gasteiger partial charge in [0.05, 0.1) is 22.0 Å². The third-order valence-electron chi connectivity index (χ3n) is 10.3. The molecule has 0 radical (unpaired) electrons. The third-order valence-corrected chi connectivity index (χ3v) is 13.1. The van der Waals surface area contributed by atoms with E-state index in [9.17, 15) is 23.3 Å². The van der Waals surface area contributed by atoms with Crippen molar-refractivity contribution in [3.8, 4) is 11.1 Å². The lowest BCUT2D eigenvalue weighted by atomic mass is 9.82. The first-order valence-electron chi connectivity index (χ1n) is 19.3. The van der Waals surface area contributed by atoms with Crippen LogP contribution in [0.5, 0.6) is 0 Å². The Balaban J connectivity index is 1.10. The van der Waals surface area contributed by atoms with Crippen molar-refractivity contribution >= 4 is 44.8 Å². The first-order chi connectivity index (χ1) is 27.7. The first kappa shape index (κ1) is 42.4. The van der Waals surface area contributed by atoms with Gasteiger partial charge in [-0.2, -0.15) is 0 Å². The number of likely N-dealkylation sites (N-methyl/N-ethyl adjacent to an activating group) is 1. The Labute approximate surface area is 346 Å². The highest BCUT2D eigenvalue weighted by Crippen LogP contribution is 2.36. The fourth-order valence-corrected chi connectivity index (χ4v) is 9.03. The van der Waals surface area contributed by atoms with E-state index in [2.05, 4.69) is 68.4 Å². The van der Waals surface area contributed by atoms with Crippen LogP contribution in [-0.2, 0) is 21.2 Å². The summed E-state index contributed by atoms with van der Waals surface area (Å²) in [5, 5.41) is 15.3. The summed E-state index contributed by atoms with van der Waals surface area (Å²) in [6.07, 6.45) is 2.38. The van der Waals surface area contributed by atoms with Crippen molar-refractivity contribution < 1.29 is 22.9 Å². The molecule has 1 aliphatic rings. The van der Waals surface area contributed by atoms with Crippen LogP contribution in [0, 0.1) is 10.1 Å². The van der Waals surface area contributed by atoms with E-state index < -0.39 is 32.1 Å². The zero-order chi connectivity index (χ0) is 41.3. The van der Waals surface area contributed by atoms with Crippen LogP contribution in [0.25, 0.3) is 11.1 Å². The van der Waals surface area contributed by atoms with Crippen molar-refractivity contribution in [3.63, 3.8) is 0 Å². The number of hydrogen-bond acceptors (Lipinski definition) is 10. The molecule has 0 spiro atoms. The van der Waals surface area contributed by atoms with Crippen molar-refractivity contribution in [2.75, 3.05) is 56.3 Å². The first-order valence-corrected chi connectivity index (χ1v) is 21.8. The van der Waals surface area contributed by atoms with Crippen LogP contribution in [0.4, 0.5) is 17.1 Å². The van der Waals surface area contributed by atoms with Crippen LogP contribution in [0.2, 0.25) is 0 Å². The van der Waals surface area contributed by atoms with Gasteiger partial charge in [-0.25, -0.2) is 13.1 Å². The largest absolute Gasteiger partial charge is 0.374 e. The molecule has 0 bridgehead atoms. The van der Waals surface area contributed by atoms with E-state index >= 15 is 0 Å². The number of nitro benzene ring substituents is 1. The summed E-state index contributed by atoms with van der Waals surface area (Å²) >= 11 is 1.60. The van der Waals surface area contributed by atoms with Crippen molar-refractivity contribution in [2.24, 2.45) is 0 Å². The van der Waals surface area contributed by atoms with E-state index in [4.69, 9.17) is 4.74 Å². The molecule has 11 nitrogen and oxygen atoms in total. The Morgan fingerprint density at radius 1 is 0.897 bits per heavy atom. The highest BCUT2D eigenvalue weighted by Gasteiger charge is 2.37.